The summed E-state index contributed by atoms with van der Waals surface area (Å²) in [5.41, 5.74) is -3.59. The number of halogens is 3. The number of rotatable bonds is 1. The Balaban J connectivity index is 2.87. The molecule has 0 aliphatic heterocycles. The van der Waals surface area contributed by atoms with Crippen LogP contribution >= 0.6 is 0 Å². The number of imidazole rings is 1. The lowest BCUT2D eigenvalue weighted by molar-refractivity contribution is -0.385. The fourth-order valence-corrected chi connectivity index (χ4v) is 1.46. The Labute approximate surface area is 90.2 Å². The second-order valence-corrected chi connectivity index (χ2v) is 3.25. The molecule has 6 nitrogen and oxygen atoms in total. The van der Waals surface area contributed by atoms with E-state index in [0.29, 0.717) is 6.07 Å². The Kier molecular flexibility index (Phi) is 2.19. The van der Waals surface area contributed by atoms with Crippen LogP contribution in [0.1, 0.15) is 5.56 Å². The predicted octanol–water partition coefficient (Wildman–Crippen LogP) is 1.78. The molecule has 0 saturated heterocycles. The van der Waals surface area contributed by atoms with Crippen LogP contribution < -0.4 is 5.69 Å². The van der Waals surface area contributed by atoms with Gasteiger partial charge in [-0.2, -0.15) is 13.2 Å². The molecule has 9 heteroatoms. The summed E-state index contributed by atoms with van der Waals surface area (Å²) in [5, 5.41) is 10.5. The lowest BCUT2D eigenvalue weighted by atomic mass is 10.1. The number of benzene rings is 1. The van der Waals surface area contributed by atoms with Gasteiger partial charge in [0.15, 0.2) is 0 Å². The second-order valence-electron chi connectivity index (χ2n) is 3.25. The molecular weight excluding hydrogens is 243 g/mol. The number of alkyl halides is 3. The summed E-state index contributed by atoms with van der Waals surface area (Å²) >= 11 is 0. The van der Waals surface area contributed by atoms with Crippen LogP contribution in [0.5, 0.6) is 0 Å². The van der Waals surface area contributed by atoms with Crippen molar-refractivity contribution in [3.63, 3.8) is 0 Å². The van der Waals surface area contributed by atoms with Crippen LogP contribution in [0.4, 0.5) is 18.9 Å². The number of H-pyrrole nitrogens is 2. The summed E-state index contributed by atoms with van der Waals surface area (Å²) < 4.78 is 37.8. The quantitative estimate of drug-likeness (QED) is 0.594. The van der Waals surface area contributed by atoms with E-state index in [1.165, 1.54) is 0 Å². The molecule has 0 aliphatic carbocycles. The monoisotopic (exact) mass is 247 g/mol. The smallest absolute Gasteiger partial charge is 0.305 e. The molecule has 2 rings (SSSR count). The van der Waals surface area contributed by atoms with Crippen molar-refractivity contribution in [1.29, 1.82) is 0 Å². The Morgan fingerprint density at radius 3 is 2.41 bits per heavy atom. The van der Waals surface area contributed by atoms with E-state index >= 15 is 0 Å². The standard InChI is InChI=1S/C8H4F3N3O3/c9-8(10,11)4-1-3(14(16)17)2-5-6(4)13-7(15)12-5/h1-2H,(H2,12,13,15). The van der Waals surface area contributed by atoms with E-state index in [1.54, 1.807) is 0 Å². The van der Waals surface area contributed by atoms with Gasteiger partial charge in [-0.3, -0.25) is 10.1 Å². The van der Waals surface area contributed by atoms with Crippen LogP contribution in [0.3, 0.4) is 0 Å². The fourth-order valence-electron chi connectivity index (χ4n) is 1.46. The van der Waals surface area contributed by atoms with Gasteiger partial charge in [0.05, 0.1) is 21.5 Å². The Morgan fingerprint density at radius 2 is 1.88 bits per heavy atom. The number of hydrogen-bond donors (Lipinski definition) is 2. The number of nitrogens with zero attached hydrogens (tertiary/aromatic N) is 1. The van der Waals surface area contributed by atoms with E-state index in [1.807, 2.05) is 4.98 Å². The third-order valence-corrected chi connectivity index (χ3v) is 2.13. The molecule has 1 heterocycles. The molecule has 0 aliphatic rings. The largest absolute Gasteiger partial charge is 0.418 e. The molecule has 0 atom stereocenters. The number of nitro benzene ring substituents is 1. The SMILES string of the molecule is O=c1[nH]c2cc([N+](=O)[O-])cc(C(F)(F)F)c2[nH]1. The maximum absolute atomic E-state index is 12.6. The Morgan fingerprint density at radius 1 is 1.24 bits per heavy atom. The average Bonchev–Trinajstić information content (AvgIpc) is 2.54. The lowest BCUT2D eigenvalue weighted by Gasteiger charge is -2.07. The number of non-ortho nitro benzene ring substituents is 1. The van der Waals surface area contributed by atoms with Crippen molar-refractivity contribution in [2.75, 3.05) is 0 Å². The van der Waals surface area contributed by atoms with Crippen LogP contribution in [0.2, 0.25) is 0 Å². The van der Waals surface area contributed by atoms with Crippen LogP contribution in [0.25, 0.3) is 11.0 Å². The van der Waals surface area contributed by atoms with Crippen LogP contribution in [0.15, 0.2) is 16.9 Å². The van der Waals surface area contributed by atoms with Gasteiger partial charge in [-0.15, -0.1) is 0 Å². The number of nitrogens with one attached hydrogen (secondary N) is 2. The maximum Gasteiger partial charge on any atom is 0.418 e. The zero-order valence-corrected chi connectivity index (χ0v) is 7.96. The summed E-state index contributed by atoms with van der Waals surface area (Å²) in [4.78, 5) is 24.4. The van der Waals surface area contributed by atoms with Gasteiger partial charge in [-0.05, 0) is 0 Å². The highest BCUT2D eigenvalue weighted by Gasteiger charge is 2.35. The first-order chi connectivity index (χ1) is 7.79. The van der Waals surface area contributed by atoms with E-state index in [2.05, 4.69) is 4.98 Å². The molecule has 2 N–H and O–H groups in total. The zero-order valence-electron chi connectivity index (χ0n) is 7.96. The Bertz CT molecular complexity index is 655. The van der Waals surface area contributed by atoms with Crippen LogP contribution in [-0.4, -0.2) is 14.9 Å². The number of nitro groups is 1. The molecule has 0 radical (unpaired) electrons. The molecule has 0 fully saturated rings. The van der Waals surface area contributed by atoms with E-state index in [9.17, 15) is 28.1 Å². The summed E-state index contributed by atoms with van der Waals surface area (Å²) in [6.45, 7) is 0. The Hall–Kier alpha value is -2.32. The van der Waals surface area contributed by atoms with E-state index in [-0.39, 0.29) is 5.52 Å². The van der Waals surface area contributed by atoms with Crippen LogP contribution in [0, 0.1) is 10.1 Å². The van der Waals surface area contributed by atoms with Crippen molar-refractivity contribution in [3.05, 3.63) is 38.3 Å². The van der Waals surface area contributed by atoms with Gasteiger partial charge in [0.25, 0.3) is 5.69 Å². The minimum absolute atomic E-state index is 0.253. The highest BCUT2D eigenvalue weighted by molar-refractivity contribution is 5.81. The molecule has 17 heavy (non-hydrogen) atoms. The number of hydrogen-bond acceptors (Lipinski definition) is 3. The van der Waals surface area contributed by atoms with Crippen molar-refractivity contribution in [2.45, 2.75) is 6.18 Å². The van der Waals surface area contributed by atoms with Gasteiger partial charge in [0.1, 0.15) is 0 Å². The van der Waals surface area contributed by atoms with E-state index in [4.69, 9.17) is 0 Å². The van der Waals surface area contributed by atoms with Gasteiger partial charge in [0, 0.05) is 12.1 Å². The van der Waals surface area contributed by atoms with Gasteiger partial charge in [0.2, 0.25) is 0 Å². The minimum atomic E-state index is -4.78. The molecule has 0 saturated carbocycles. The second kappa shape index (κ2) is 3.34. The van der Waals surface area contributed by atoms with Crippen molar-refractivity contribution >= 4 is 16.7 Å². The zero-order chi connectivity index (χ0) is 12.8. The molecule has 1 aromatic carbocycles. The molecule has 0 amide bonds. The lowest BCUT2D eigenvalue weighted by Crippen LogP contribution is -2.07. The minimum Gasteiger partial charge on any atom is -0.305 e. The molecule has 90 valence electrons. The summed E-state index contributed by atoms with van der Waals surface area (Å²) in [6, 6.07) is 1.24. The first-order valence-electron chi connectivity index (χ1n) is 4.26. The molecule has 1 aromatic heterocycles. The van der Waals surface area contributed by atoms with Gasteiger partial charge < -0.3 is 9.97 Å². The average molecular weight is 247 g/mol. The summed E-state index contributed by atoms with van der Waals surface area (Å²) in [5.74, 6) is 0. The fraction of sp³-hybridized carbons (Fsp3) is 0.125. The normalized spacial score (nSPS) is 11.9. The molecule has 0 spiro atoms. The molecular formula is C8H4F3N3O3. The van der Waals surface area contributed by atoms with Crippen molar-refractivity contribution in [2.24, 2.45) is 0 Å². The van der Waals surface area contributed by atoms with Crippen molar-refractivity contribution in [1.82, 2.24) is 9.97 Å². The van der Waals surface area contributed by atoms with Crippen LogP contribution in [-0.2, 0) is 6.18 Å². The van der Waals surface area contributed by atoms with Crippen molar-refractivity contribution in [3.8, 4) is 0 Å². The number of aromatic amines is 2. The van der Waals surface area contributed by atoms with E-state index in [0.717, 1.165) is 6.07 Å². The number of aromatic nitrogens is 2. The first kappa shape index (κ1) is 11.2. The summed E-state index contributed by atoms with van der Waals surface area (Å²) in [6.07, 6.45) is -4.78. The summed E-state index contributed by atoms with van der Waals surface area (Å²) in [7, 11) is 0. The van der Waals surface area contributed by atoms with Gasteiger partial charge in [-0.1, -0.05) is 0 Å². The van der Waals surface area contributed by atoms with E-state index < -0.39 is 33.6 Å². The van der Waals surface area contributed by atoms with Crippen molar-refractivity contribution < 1.29 is 18.1 Å². The first-order valence-corrected chi connectivity index (χ1v) is 4.26. The molecule has 0 unspecified atom stereocenters. The van der Waals surface area contributed by atoms with Gasteiger partial charge >= 0.3 is 11.9 Å². The molecule has 0 bridgehead atoms. The third-order valence-electron chi connectivity index (χ3n) is 2.13. The predicted molar refractivity (Wildman–Crippen MR) is 50.6 cm³/mol. The third kappa shape index (κ3) is 1.86. The maximum atomic E-state index is 12.6. The number of fused-ring (bicyclic) bond motifs is 1. The topological polar surface area (TPSA) is 91.8 Å². The van der Waals surface area contributed by atoms with Gasteiger partial charge in [-0.25, -0.2) is 4.79 Å². The highest BCUT2D eigenvalue weighted by atomic mass is 19.4. The molecule has 2 aromatic rings. The highest BCUT2D eigenvalue weighted by Crippen LogP contribution is 2.35.